The quantitative estimate of drug-likeness (QED) is 0.604. The molecular formula is C25H42O2. The highest BCUT2D eigenvalue weighted by atomic mass is 16.3. The lowest BCUT2D eigenvalue weighted by Gasteiger charge is -2.59. The van der Waals surface area contributed by atoms with Crippen LogP contribution in [0.1, 0.15) is 98.3 Å². The Morgan fingerprint density at radius 2 is 1.89 bits per heavy atom. The topological polar surface area (TPSA) is 40.5 Å². The number of hydrogen-bond acceptors (Lipinski definition) is 2. The van der Waals surface area contributed by atoms with Gasteiger partial charge in [0.1, 0.15) is 0 Å². The van der Waals surface area contributed by atoms with Gasteiger partial charge in [-0.15, -0.1) is 0 Å². The molecule has 0 aromatic heterocycles. The van der Waals surface area contributed by atoms with Crippen LogP contribution in [0.4, 0.5) is 0 Å². The molecule has 4 aliphatic carbocycles. The maximum atomic E-state index is 11.4. The molecule has 0 aliphatic heterocycles. The van der Waals surface area contributed by atoms with Crippen LogP contribution in [0.15, 0.2) is 11.6 Å². The Kier molecular flexibility index (Phi) is 5.08. The second-order valence-corrected chi connectivity index (χ2v) is 11.3. The van der Waals surface area contributed by atoms with Crippen molar-refractivity contribution in [3.05, 3.63) is 11.6 Å². The molecule has 3 fully saturated rings. The van der Waals surface area contributed by atoms with Crippen molar-refractivity contribution >= 4 is 0 Å². The number of fused-ring (bicyclic) bond motifs is 5. The minimum absolute atomic E-state index is 0.112. The molecule has 8 atom stereocenters. The Bertz CT molecular complexity index is 593. The largest absolute Gasteiger partial charge is 0.393 e. The van der Waals surface area contributed by atoms with Gasteiger partial charge in [0.15, 0.2) is 0 Å². The summed E-state index contributed by atoms with van der Waals surface area (Å²) in [6, 6.07) is 0. The summed E-state index contributed by atoms with van der Waals surface area (Å²) in [6.07, 6.45) is 15.1. The zero-order chi connectivity index (χ0) is 19.4. The number of unbranched alkanes of at least 4 members (excludes halogenated alkanes) is 1. The molecule has 0 saturated heterocycles. The average Bonchev–Trinajstić information content (AvgIpc) is 2.99. The summed E-state index contributed by atoms with van der Waals surface area (Å²) in [5.74, 6) is 2.83. The zero-order valence-electron chi connectivity index (χ0n) is 18.1. The Morgan fingerprint density at radius 1 is 1.11 bits per heavy atom. The van der Waals surface area contributed by atoms with Gasteiger partial charge in [0.05, 0.1) is 11.7 Å². The first kappa shape index (κ1) is 20.0. The van der Waals surface area contributed by atoms with E-state index in [0.717, 1.165) is 43.4 Å². The van der Waals surface area contributed by atoms with Gasteiger partial charge in [-0.3, -0.25) is 0 Å². The molecular weight excluding hydrogens is 332 g/mol. The Morgan fingerprint density at radius 3 is 2.63 bits per heavy atom. The van der Waals surface area contributed by atoms with Crippen LogP contribution in [0.3, 0.4) is 0 Å². The predicted molar refractivity (Wildman–Crippen MR) is 111 cm³/mol. The average molecular weight is 375 g/mol. The van der Waals surface area contributed by atoms with Crippen LogP contribution in [0.25, 0.3) is 0 Å². The summed E-state index contributed by atoms with van der Waals surface area (Å²) in [5, 5.41) is 21.5. The van der Waals surface area contributed by atoms with Gasteiger partial charge >= 0.3 is 0 Å². The van der Waals surface area contributed by atoms with Gasteiger partial charge in [-0.2, -0.15) is 0 Å². The van der Waals surface area contributed by atoms with E-state index in [1.807, 2.05) is 0 Å². The van der Waals surface area contributed by atoms with Crippen molar-refractivity contribution < 1.29 is 10.2 Å². The molecule has 0 amide bonds. The number of hydrogen-bond donors (Lipinski definition) is 2. The predicted octanol–water partition coefficient (Wildman–Crippen LogP) is 5.87. The number of aliphatic hydroxyl groups excluding tert-OH is 1. The highest BCUT2D eigenvalue weighted by molar-refractivity contribution is 5.25. The fraction of sp³-hybridized carbons (Fsp3) is 0.920. The van der Waals surface area contributed by atoms with Gasteiger partial charge in [0.2, 0.25) is 0 Å². The molecule has 0 radical (unpaired) electrons. The summed E-state index contributed by atoms with van der Waals surface area (Å²) in [7, 11) is 0. The number of allylic oxidation sites excluding steroid dienone is 1. The van der Waals surface area contributed by atoms with E-state index in [2.05, 4.69) is 33.8 Å². The van der Waals surface area contributed by atoms with Crippen LogP contribution >= 0.6 is 0 Å². The van der Waals surface area contributed by atoms with Crippen molar-refractivity contribution in [1.29, 1.82) is 0 Å². The van der Waals surface area contributed by atoms with Gasteiger partial charge in [0.25, 0.3) is 0 Å². The van der Waals surface area contributed by atoms with E-state index < -0.39 is 5.60 Å². The van der Waals surface area contributed by atoms with Gasteiger partial charge < -0.3 is 10.2 Å². The van der Waals surface area contributed by atoms with Gasteiger partial charge in [-0.1, -0.05) is 45.3 Å². The molecule has 2 N–H and O–H groups in total. The fourth-order valence-corrected chi connectivity index (χ4v) is 8.37. The van der Waals surface area contributed by atoms with Crippen molar-refractivity contribution in [3.63, 3.8) is 0 Å². The molecule has 4 rings (SSSR count). The van der Waals surface area contributed by atoms with Crippen LogP contribution in [0.5, 0.6) is 0 Å². The first-order chi connectivity index (χ1) is 12.7. The molecule has 0 aromatic carbocycles. The van der Waals surface area contributed by atoms with Crippen LogP contribution in [0, 0.1) is 34.5 Å². The van der Waals surface area contributed by atoms with Gasteiger partial charge in [0, 0.05) is 0 Å². The monoisotopic (exact) mass is 374 g/mol. The van der Waals surface area contributed by atoms with Gasteiger partial charge in [-0.05, 0) is 99.2 Å². The normalized spacial score (nSPS) is 48.8. The van der Waals surface area contributed by atoms with Crippen molar-refractivity contribution in [2.24, 2.45) is 34.5 Å². The summed E-state index contributed by atoms with van der Waals surface area (Å²) < 4.78 is 0. The van der Waals surface area contributed by atoms with Crippen molar-refractivity contribution in [2.75, 3.05) is 0 Å². The molecule has 154 valence electrons. The molecule has 0 heterocycles. The third-order valence-corrected chi connectivity index (χ3v) is 9.87. The molecule has 0 unspecified atom stereocenters. The molecule has 4 aliphatic rings. The fourth-order valence-electron chi connectivity index (χ4n) is 8.37. The smallest absolute Gasteiger partial charge is 0.0653 e. The van der Waals surface area contributed by atoms with E-state index in [0.29, 0.717) is 16.7 Å². The first-order valence-electron chi connectivity index (χ1n) is 11.8. The summed E-state index contributed by atoms with van der Waals surface area (Å²) in [6.45, 7) is 9.40. The minimum Gasteiger partial charge on any atom is -0.393 e. The molecule has 3 saturated carbocycles. The van der Waals surface area contributed by atoms with Crippen LogP contribution in [-0.4, -0.2) is 21.9 Å². The van der Waals surface area contributed by atoms with E-state index in [-0.39, 0.29) is 6.10 Å². The Hall–Kier alpha value is -0.340. The maximum absolute atomic E-state index is 11.4. The summed E-state index contributed by atoms with van der Waals surface area (Å²) in [4.78, 5) is 0. The van der Waals surface area contributed by atoms with E-state index >= 15 is 0 Å². The lowest BCUT2D eigenvalue weighted by molar-refractivity contribution is -0.105. The van der Waals surface area contributed by atoms with Crippen LogP contribution in [0.2, 0.25) is 0 Å². The Labute approximate surface area is 166 Å². The molecule has 2 heteroatoms. The second-order valence-electron chi connectivity index (χ2n) is 11.3. The first-order valence-corrected chi connectivity index (χ1v) is 11.8. The van der Waals surface area contributed by atoms with Crippen molar-refractivity contribution in [2.45, 2.75) is 110 Å². The van der Waals surface area contributed by atoms with E-state index in [1.165, 1.54) is 44.9 Å². The van der Waals surface area contributed by atoms with Gasteiger partial charge in [-0.25, -0.2) is 0 Å². The number of rotatable bonds is 4. The highest BCUT2D eigenvalue weighted by Crippen LogP contribution is 2.67. The molecule has 2 nitrogen and oxygen atoms in total. The Balaban J connectivity index is 1.59. The summed E-state index contributed by atoms with van der Waals surface area (Å²) >= 11 is 0. The van der Waals surface area contributed by atoms with E-state index in [1.54, 1.807) is 5.57 Å². The summed E-state index contributed by atoms with van der Waals surface area (Å²) in [5.41, 5.74) is 1.71. The third-order valence-electron chi connectivity index (χ3n) is 9.87. The van der Waals surface area contributed by atoms with Crippen LogP contribution < -0.4 is 0 Å². The highest BCUT2D eigenvalue weighted by Gasteiger charge is 2.61. The van der Waals surface area contributed by atoms with E-state index in [4.69, 9.17) is 0 Å². The van der Waals surface area contributed by atoms with Crippen molar-refractivity contribution in [3.8, 4) is 0 Å². The minimum atomic E-state index is -0.499. The maximum Gasteiger partial charge on any atom is 0.0653 e. The molecule has 0 aromatic rings. The standard InChI is InChI=1S/C25H42O2/c1-5-6-13-25(4,27)22-10-9-20-19-8-7-17-16-18(26)11-14-23(17,2)21(19)12-15-24(20,22)3/h7,18-22,26-27H,5-6,8-16H2,1-4H3/t18-,19-,20-,21-,22-,23-,24-,25-/m0/s1. The third kappa shape index (κ3) is 3.05. The van der Waals surface area contributed by atoms with Crippen LogP contribution in [-0.2, 0) is 0 Å². The molecule has 0 spiro atoms. The second kappa shape index (κ2) is 6.87. The van der Waals surface area contributed by atoms with Crippen molar-refractivity contribution in [1.82, 2.24) is 0 Å². The number of aliphatic hydroxyl groups is 2. The lowest BCUT2D eigenvalue weighted by Crippen LogP contribution is -2.53. The lowest BCUT2D eigenvalue weighted by atomic mass is 9.46. The molecule has 0 bridgehead atoms. The molecule has 27 heavy (non-hydrogen) atoms. The SMILES string of the molecule is CCCC[C@](C)(O)[C@H]1CC[C@H]2[C@@H]3CC=C4C[C@@H](O)CC[C@]4(C)[C@H]3CC[C@@]21C. The van der Waals surface area contributed by atoms with E-state index in [9.17, 15) is 10.2 Å². The zero-order valence-corrected chi connectivity index (χ0v) is 18.1.